The molecule has 0 unspecified atom stereocenters. The van der Waals surface area contributed by atoms with Crippen molar-refractivity contribution in [2.45, 2.75) is 38.5 Å². The highest BCUT2D eigenvalue weighted by Gasteiger charge is 2.20. The third-order valence-corrected chi connectivity index (χ3v) is 5.90. The number of aryl methyl sites for hydroxylation is 1. The SMILES string of the molecule is N#CCCN(CCC#N)c1ccc(N=Nc2sc3c(c2C#N)CCCC3)cc1. The number of nitriles is 3. The second-order valence-electron chi connectivity index (χ2n) is 6.52. The molecule has 0 saturated heterocycles. The van der Waals surface area contributed by atoms with Crippen LogP contribution in [0.3, 0.4) is 0 Å². The first-order chi connectivity index (χ1) is 13.8. The Balaban J connectivity index is 1.75. The van der Waals surface area contributed by atoms with Gasteiger partial charge in [0.05, 0.1) is 36.2 Å². The smallest absolute Gasteiger partial charge is 0.157 e. The van der Waals surface area contributed by atoms with Crippen molar-refractivity contribution in [1.82, 2.24) is 0 Å². The van der Waals surface area contributed by atoms with Crippen LogP contribution < -0.4 is 4.90 Å². The number of anilines is 1. The Bertz CT molecular complexity index is 951. The number of thiophene rings is 1. The number of hydrogen-bond donors (Lipinski definition) is 0. The molecule has 0 aliphatic heterocycles. The zero-order valence-corrected chi connectivity index (χ0v) is 16.4. The molecule has 1 heterocycles. The topological polar surface area (TPSA) is 99.3 Å². The predicted molar refractivity (Wildman–Crippen MR) is 109 cm³/mol. The second kappa shape index (κ2) is 9.65. The lowest BCUT2D eigenvalue weighted by molar-refractivity contribution is 0.696. The molecular formula is C21H20N6S. The monoisotopic (exact) mass is 388 g/mol. The van der Waals surface area contributed by atoms with Crippen molar-refractivity contribution in [2.75, 3.05) is 18.0 Å². The lowest BCUT2D eigenvalue weighted by Gasteiger charge is -2.22. The highest BCUT2D eigenvalue weighted by molar-refractivity contribution is 7.16. The zero-order chi connectivity index (χ0) is 19.8. The van der Waals surface area contributed by atoms with Crippen molar-refractivity contribution in [2.24, 2.45) is 10.2 Å². The third-order valence-electron chi connectivity index (χ3n) is 4.72. The molecule has 1 aliphatic carbocycles. The lowest BCUT2D eigenvalue weighted by Crippen LogP contribution is -2.25. The fraction of sp³-hybridized carbons (Fsp3) is 0.381. The summed E-state index contributed by atoms with van der Waals surface area (Å²) in [4.78, 5) is 3.30. The summed E-state index contributed by atoms with van der Waals surface area (Å²) in [5, 5.41) is 36.5. The molecule has 1 aliphatic rings. The van der Waals surface area contributed by atoms with E-state index in [1.165, 1.54) is 11.3 Å². The minimum Gasteiger partial charge on any atom is -0.369 e. The van der Waals surface area contributed by atoms with E-state index >= 15 is 0 Å². The van der Waals surface area contributed by atoms with E-state index in [0.29, 0.717) is 42.2 Å². The Labute approximate surface area is 169 Å². The summed E-state index contributed by atoms with van der Waals surface area (Å²) in [7, 11) is 0. The van der Waals surface area contributed by atoms with Gasteiger partial charge in [-0.05, 0) is 55.5 Å². The average molecular weight is 389 g/mol. The van der Waals surface area contributed by atoms with Gasteiger partial charge in [0.2, 0.25) is 0 Å². The van der Waals surface area contributed by atoms with Crippen LogP contribution in [0.15, 0.2) is 34.5 Å². The van der Waals surface area contributed by atoms with Gasteiger partial charge in [0.15, 0.2) is 5.00 Å². The summed E-state index contributed by atoms with van der Waals surface area (Å²) < 4.78 is 0. The molecular weight excluding hydrogens is 368 g/mol. The normalized spacial score (nSPS) is 12.8. The highest BCUT2D eigenvalue weighted by atomic mass is 32.1. The molecule has 0 radical (unpaired) electrons. The van der Waals surface area contributed by atoms with Gasteiger partial charge in [-0.2, -0.15) is 15.8 Å². The van der Waals surface area contributed by atoms with E-state index in [1.54, 1.807) is 11.3 Å². The van der Waals surface area contributed by atoms with Gasteiger partial charge in [-0.1, -0.05) is 0 Å². The summed E-state index contributed by atoms with van der Waals surface area (Å²) in [5.41, 5.74) is 3.50. The summed E-state index contributed by atoms with van der Waals surface area (Å²) >= 11 is 1.58. The quantitative estimate of drug-likeness (QED) is 0.581. The van der Waals surface area contributed by atoms with Crippen LogP contribution in [-0.2, 0) is 12.8 Å². The second-order valence-corrected chi connectivity index (χ2v) is 7.61. The van der Waals surface area contributed by atoms with Crippen LogP contribution in [0.25, 0.3) is 0 Å². The van der Waals surface area contributed by atoms with Crippen LogP contribution in [0.5, 0.6) is 0 Å². The standard InChI is InChI=1S/C21H20N6S/c22-11-3-13-27(14-4-12-23)17-9-7-16(8-10-17)25-26-21-19(15-24)18-5-1-2-6-20(18)28-21/h7-10H,1-6,13-14H2. The van der Waals surface area contributed by atoms with Gasteiger partial charge >= 0.3 is 0 Å². The van der Waals surface area contributed by atoms with Crippen molar-refractivity contribution >= 4 is 27.7 Å². The number of nitrogens with zero attached hydrogens (tertiary/aromatic N) is 6. The van der Waals surface area contributed by atoms with E-state index in [-0.39, 0.29) is 0 Å². The Morgan fingerprint density at radius 3 is 2.25 bits per heavy atom. The van der Waals surface area contributed by atoms with Gasteiger partial charge in [-0.3, -0.25) is 0 Å². The Kier molecular flexibility index (Phi) is 6.73. The average Bonchev–Trinajstić information content (AvgIpc) is 3.10. The molecule has 2 aromatic rings. The van der Waals surface area contributed by atoms with Crippen LogP contribution >= 0.6 is 11.3 Å². The molecule has 0 fully saturated rings. The molecule has 7 heteroatoms. The van der Waals surface area contributed by atoms with Crippen molar-refractivity contribution in [3.63, 3.8) is 0 Å². The molecule has 0 atom stereocenters. The Hall–Kier alpha value is -3.21. The minimum absolute atomic E-state index is 0.410. The van der Waals surface area contributed by atoms with Crippen molar-refractivity contribution < 1.29 is 0 Å². The summed E-state index contributed by atoms with van der Waals surface area (Å²) in [6.45, 7) is 1.18. The van der Waals surface area contributed by atoms with E-state index < -0.39 is 0 Å². The molecule has 0 N–H and O–H groups in total. The third kappa shape index (κ3) is 4.55. The van der Waals surface area contributed by atoms with E-state index in [0.717, 1.165) is 30.5 Å². The molecule has 1 aromatic heterocycles. The maximum atomic E-state index is 9.50. The number of fused-ring (bicyclic) bond motifs is 1. The molecule has 0 spiro atoms. The molecule has 0 amide bonds. The van der Waals surface area contributed by atoms with E-state index in [4.69, 9.17) is 10.5 Å². The van der Waals surface area contributed by atoms with Crippen LogP contribution in [-0.4, -0.2) is 13.1 Å². The molecule has 1 aromatic carbocycles. The van der Waals surface area contributed by atoms with Crippen LogP contribution in [0.2, 0.25) is 0 Å². The fourth-order valence-corrected chi connectivity index (χ4v) is 4.47. The largest absolute Gasteiger partial charge is 0.369 e. The first-order valence-corrected chi connectivity index (χ1v) is 10.1. The summed E-state index contributed by atoms with van der Waals surface area (Å²) in [6.07, 6.45) is 5.11. The van der Waals surface area contributed by atoms with Gasteiger partial charge in [-0.15, -0.1) is 21.6 Å². The molecule has 28 heavy (non-hydrogen) atoms. The minimum atomic E-state index is 0.410. The molecule has 0 bridgehead atoms. The van der Waals surface area contributed by atoms with Gasteiger partial charge < -0.3 is 4.90 Å². The first-order valence-electron chi connectivity index (χ1n) is 9.32. The number of benzene rings is 1. The van der Waals surface area contributed by atoms with Crippen LogP contribution in [0, 0.1) is 34.0 Å². The predicted octanol–water partition coefficient (Wildman–Crippen LogP) is 5.55. The first kappa shape index (κ1) is 19.5. The van der Waals surface area contributed by atoms with Crippen LogP contribution in [0.1, 0.15) is 41.7 Å². The van der Waals surface area contributed by atoms with Gasteiger partial charge in [-0.25, -0.2) is 0 Å². The van der Waals surface area contributed by atoms with Crippen molar-refractivity contribution in [3.05, 3.63) is 40.3 Å². The highest BCUT2D eigenvalue weighted by Crippen LogP contribution is 2.40. The van der Waals surface area contributed by atoms with E-state index in [1.807, 2.05) is 29.2 Å². The van der Waals surface area contributed by atoms with E-state index in [2.05, 4.69) is 28.4 Å². The van der Waals surface area contributed by atoms with Gasteiger partial charge in [0.25, 0.3) is 0 Å². The number of hydrogen-bond acceptors (Lipinski definition) is 7. The van der Waals surface area contributed by atoms with E-state index in [9.17, 15) is 5.26 Å². The number of rotatable bonds is 7. The summed E-state index contributed by atoms with van der Waals surface area (Å²) in [6, 6.07) is 14.2. The molecule has 6 nitrogen and oxygen atoms in total. The van der Waals surface area contributed by atoms with Crippen LogP contribution in [0.4, 0.5) is 16.4 Å². The van der Waals surface area contributed by atoms with Gasteiger partial charge in [0.1, 0.15) is 6.07 Å². The maximum absolute atomic E-state index is 9.50. The molecule has 140 valence electrons. The van der Waals surface area contributed by atoms with Crippen molar-refractivity contribution in [1.29, 1.82) is 15.8 Å². The fourth-order valence-electron chi connectivity index (χ4n) is 3.31. The number of azo groups is 1. The summed E-state index contributed by atoms with van der Waals surface area (Å²) in [5.74, 6) is 0. The zero-order valence-electron chi connectivity index (χ0n) is 15.6. The Morgan fingerprint density at radius 1 is 0.929 bits per heavy atom. The van der Waals surface area contributed by atoms with Gasteiger partial charge in [0, 0.05) is 23.7 Å². The Morgan fingerprint density at radius 2 is 1.61 bits per heavy atom. The lowest BCUT2D eigenvalue weighted by atomic mass is 9.96. The molecule has 0 saturated carbocycles. The molecule has 3 rings (SSSR count). The maximum Gasteiger partial charge on any atom is 0.157 e. The van der Waals surface area contributed by atoms with Crippen molar-refractivity contribution in [3.8, 4) is 18.2 Å².